The third kappa shape index (κ3) is 2.99. The van der Waals surface area contributed by atoms with Crippen LogP contribution in [0.3, 0.4) is 0 Å². The zero-order valence-corrected chi connectivity index (χ0v) is 12.8. The standard InChI is InChI=1S/C15H21F3N2O/c1-8-5-6-12(7-9(8)2)20-11(4)13(10(3)19-20)14(21)15(16,17)18/h8-9,12H,5-7H2,1-4H3. The van der Waals surface area contributed by atoms with Crippen LogP contribution in [0.1, 0.15) is 60.9 Å². The van der Waals surface area contributed by atoms with E-state index in [2.05, 4.69) is 18.9 Å². The van der Waals surface area contributed by atoms with Crippen LogP contribution in [-0.2, 0) is 0 Å². The van der Waals surface area contributed by atoms with Crippen molar-refractivity contribution >= 4 is 5.78 Å². The maximum absolute atomic E-state index is 12.7. The Hall–Kier alpha value is -1.33. The van der Waals surface area contributed by atoms with Crippen molar-refractivity contribution in [1.29, 1.82) is 0 Å². The lowest BCUT2D eigenvalue weighted by Crippen LogP contribution is -2.26. The third-order valence-electron chi connectivity index (χ3n) is 4.73. The van der Waals surface area contributed by atoms with E-state index in [-0.39, 0.29) is 17.3 Å². The number of aromatic nitrogens is 2. The number of carbonyl (C=O) groups excluding carboxylic acids is 1. The summed E-state index contributed by atoms with van der Waals surface area (Å²) in [6.07, 6.45) is -2.03. The predicted molar refractivity (Wildman–Crippen MR) is 73.3 cm³/mol. The van der Waals surface area contributed by atoms with Gasteiger partial charge in [-0.05, 0) is 44.9 Å². The fourth-order valence-corrected chi connectivity index (χ4v) is 3.23. The third-order valence-corrected chi connectivity index (χ3v) is 4.73. The molecule has 0 radical (unpaired) electrons. The molecular weight excluding hydrogens is 281 g/mol. The number of nitrogens with zero attached hydrogens (tertiary/aromatic N) is 2. The van der Waals surface area contributed by atoms with Gasteiger partial charge < -0.3 is 0 Å². The smallest absolute Gasteiger partial charge is 0.284 e. The number of aryl methyl sites for hydroxylation is 1. The number of alkyl halides is 3. The second-order valence-electron chi connectivity index (χ2n) is 6.24. The molecule has 0 N–H and O–H groups in total. The number of ketones is 1. The first kappa shape index (κ1) is 16.0. The molecule has 1 aliphatic carbocycles. The van der Waals surface area contributed by atoms with E-state index in [1.165, 1.54) is 6.92 Å². The number of rotatable bonds is 2. The average Bonchev–Trinajstić information content (AvgIpc) is 2.66. The molecule has 1 heterocycles. The summed E-state index contributed by atoms with van der Waals surface area (Å²) in [4.78, 5) is 11.5. The van der Waals surface area contributed by atoms with Crippen molar-refractivity contribution in [2.24, 2.45) is 11.8 Å². The number of halogens is 3. The highest BCUT2D eigenvalue weighted by molar-refractivity contribution is 6.02. The van der Waals surface area contributed by atoms with Crippen LogP contribution in [0, 0.1) is 25.7 Å². The zero-order chi connectivity index (χ0) is 15.9. The Balaban J connectivity index is 2.34. The summed E-state index contributed by atoms with van der Waals surface area (Å²) in [6.45, 7) is 7.38. The Kier molecular flexibility index (Phi) is 4.17. The van der Waals surface area contributed by atoms with E-state index in [0.29, 0.717) is 17.5 Å². The Bertz CT molecular complexity index is 548. The molecule has 0 spiro atoms. The fraction of sp³-hybridized carbons (Fsp3) is 0.733. The highest BCUT2D eigenvalue weighted by Gasteiger charge is 2.42. The molecular formula is C15H21F3N2O. The van der Waals surface area contributed by atoms with E-state index in [9.17, 15) is 18.0 Å². The summed E-state index contributed by atoms with van der Waals surface area (Å²) < 4.78 is 39.7. The molecule has 1 saturated carbocycles. The van der Waals surface area contributed by atoms with E-state index >= 15 is 0 Å². The molecule has 3 atom stereocenters. The predicted octanol–water partition coefficient (Wildman–Crippen LogP) is 4.24. The van der Waals surface area contributed by atoms with Crippen LogP contribution in [0.5, 0.6) is 0 Å². The molecule has 0 saturated heterocycles. The van der Waals surface area contributed by atoms with Crippen molar-refractivity contribution < 1.29 is 18.0 Å². The van der Waals surface area contributed by atoms with Crippen molar-refractivity contribution in [3.63, 3.8) is 0 Å². The van der Waals surface area contributed by atoms with Gasteiger partial charge in [0, 0.05) is 5.69 Å². The second-order valence-corrected chi connectivity index (χ2v) is 6.24. The highest BCUT2D eigenvalue weighted by Crippen LogP contribution is 2.37. The van der Waals surface area contributed by atoms with Crippen molar-refractivity contribution in [3.8, 4) is 0 Å². The van der Waals surface area contributed by atoms with Gasteiger partial charge in [-0.15, -0.1) is 0 Å². The molecule has 6 heteroatoms. The molecule has 21 heavy (non-hydrogen) atoms. The van der Waals surface area contributed by atoms with Crippen LogP contribution < -0.4 is 0 Å². The minimum atomic E-state index is -4.85. The Morgan fingerprint density at radius 2 is 1.81 bits per heavy atom. The molecule has 1 aromatic rings. The van der Waals surface area contributed by atoms with Crippen LogP contribution in [-0.4, -0.2) is 21.7 Å². The average molecular weight is 302 g/mol. The van der Waals surface area contributed by atoms with Gasteiger partial charge in [0.15, 0.2) is 0 Å². The molecule has 0 aromatic carbocycles. The van der Waals surface area contributed by atoms with Crippen molar-refractivity contribution in [3.05, 3.63) is 17.0 Å². The first-order chi connectivity index (χ1) is 9.62. The van der Waals surface area contributed by atoms with Crippen molar-refractivity contribution in [2.45, 2.75) is 59.2 Å². The van der Waals surface area contributed by atoms with E-state index in [1.54, 1.807) is 11.6 Å². The summed E-state index contributed by atoms with van der Waals surface area (Å²) >= 11 is 0. The van der Waals surface area contributed by atoms with Crippen LogP contribution in [0.25, 0.3) is 0 Å². The molecule has 3 nitrogen and oxygen atoms in total. The maximum atomic E-state index is 12.7. The molecule has 0 bridgehead atoms. The second kappa shape index (κ2) is 5.46. The van der Waals surface area contributed by atoms with Gasteiger partial charge in [0.05, 0.1) is 17.3 Å². The minimum Gasteiger partial charge on any atom is -0.284 e. The number of hydrogen-bond donors (Lipinski definition) is 0. The number of hydrogen-bond acceptors (Lipinski definition) is 2. The molecule has 1 aromatic heterocycles. The molecule has 0 aliphatic heterocycles. The van der Waals surface area contributed by atoms with Crippen LogP contribution in [0.15, 0.2) is 0 Å². The lowest BCUT2D eigenvalue weighted by Gasteiger charge is -2.32. The van der Waals surface area contributed by atoms with Crippen LogP contribution in [0.4, 0.5) is 13.2 Å². The summed E-state index contributed by atoms with van der Waals surface area (Å²) in [6, 6.07) is 0.0877. The SMILES string of the molecule is Cc1nn(C2CCC(C)C(C)C2)c(C)c1C(=O)C(F)(F)F. The van der Waals surface area contributed by atoms with Gasteiger partial charge in [-0.1, -0.05) is 13.8 Å². The molecule has 2 rings (SSSR count). The van der Waals surface area contributed by atoms with Gasteiger partial charge in [-0.3, -0.25) is 9.48 Å². The van der Waals surface area contributed by atoms with Gasteiger partial charge in [-0.2, -0.15) is 18.3 Å². The maximum Gasteiger partial charge on any atom is 0.455 e. The number of carbonyl (C=O) groups is 1. The Morgan fingerprint density at radius 3 is 2.33 bits per heavy atom. The van der Waals surface area contributed by atoms with E-state index in [0.717, 1.165) is 19.3 Å². The van der Waals surface area contributed by atoms with Gasteiger partial charge in [0.1, 0.15) is 0 Å². The molecule has 1 aliphatic rings. The van der Waals surface area contributed by atoms with E-state index in [4.69, 9.17) is 0 Å². The zero-order valence-electron chi connectivity index (χ0n) is 12.8. The lowest BCUT2D eigenvalue weighted by molar-refractivity contribution is -0.0886. The summed E-state index contributed by atoms with van der Waals surface area (Å²) in [5, 5.41) is 4.22. The van der Waals surface area contributed by atoms with Crippen LogP contribution >= 0.6 is 0 Å². The molecule has 1 fully saturated rings. The van der Waals surface area contributed by atoms with E-state index < -0.39 is 12.0 Å². The fourth-order valence-electron chi connectivity index (χ4n) is 3.23. The quantitative estimate of drug-likeness (QED) is 0.766. The highest BCUT2D eigenvalue weighted by atomic mass is 19.4. The molecule has 3 unspecified atom stereocenters. The lowest BCUT2D eigenvalue weighted by atomic mass is 9.79. The largest absolute Gasteiger partial charge is 0.455 e. The number of Topliss-reactive ketones (excluding diaryl/α,β-unsaturated/α-hetero) is 1. The monoisotopic (exact) mass is 302 g/mol. The van der Waals surface area contributed by atoms with Gasteiger partial charge in [0.25, 0.3) is 5.78 Å². The van der Waals surface area contributed by atoms with Gasteiger partial charge >= 0.3 is 6.18 Å². The van der Waals surface area contributed by atoms with Crippen LogP contribution in [0.2, 0.25) is 0 Å². The first-order valence-electron chi connectivity index (χ1n) is 7.30. The van der Waals surface area contributed by atoms with Gasteiger partial charge in [-0.25, -0.2) is 0 Å². The molecule has 0 amide bonds. The topological polar surface area (TPSA) is 34.9 Å². The summed E-state index contributed by atoms with van der Waals surface area (Å²) in [7, 11) is 0. The van der Waals surface area contributed by atoms with E-state index in [1.807, 2.05) is 0 Å². The first-order valence-corrected chi connectivity index (χ1v) is 7.30. The normalized spacial score (nSPS) is 26.9. The van der Waals surface area contributed by atoms with Crippen molar-refractivity contribution in [1.82, 2.24) is 9.78 Å². The summed E-state index contributed by atoms with van der Waals surface area (Å²) in [5.41, 5.74) is 0.219. The summed E-state index contributed by atoms with van der Waals surface area (Å²) in [5.74, 6) is -0.662. The minimum absolute atomic E-state index is 0.0877. The van der Waals surface area contributed by atoms with Gasteiger partial charge in [0.2, 0.25) is 0 Å². The Labute approximate surface area is 122 Å². The van der Waals surface area contributed by atoms with Crippen molar-refractivity contribution in [2.75, 3.05) is 0 Å². The molecule has 118 valence electrons. The Morgan fingerprint density at radius 1 is 1.19 bits per heavy atom.